The molecule has 1 saturated carbocycles. The second-order valence-corrected chi connectivity index (χ2v) is 6.67. The van der Waals surface area contributed by atoms with Crippen molar-refractivity contribution < 1.29 is 19.4 Å². The molecule has 2 aliphatic rings. The summed E-state index contributed by atoms with van der Waals surface area (Å²) in [7, 11) is 0. The van der Waals surface area contributed by atoms with Crippen molar-refractivity contribution in [1.29, 1.82) is 0 Å². The lowest BCUT2D eigenvalue weighted by atomic mass is 9.88. The molecule has 0 aromatic heterocycles. The Hall–Kier alpha value is -1.88. The molecule has 0 spiro atoms. The number of aliphatic carboxylic acids is 1. The molecule has 1 aliphatic heterocycles. The zero-order valence-corrected chi connectivity index (χ0v) is 13.2. The van der Waals surface area contributed by atoms with Crippen LogP contribution < -0.4 is 5.32 Å². The van der Waals surface area contributed by atoms with Crippen LogP contribution in [0.5, 0.6) is 0 Å². The smallest absolute Gasteiger partial charge is 0.332 e. The number of carbonyl (C=O) groups is 2. The highest BCUT2D eigenvalue weighted by Crippen LogP contribution is 2.33. The minimum atomic E-state index is -0.986. The van der Waals surface area contributed by atoms with Gasteiger partial charge in [0.25, 0.3) is 0 Å². The summed E-state index contributed by atoms with van der Waals surface area (Å²) in [6.45, 7) is 0. The van der Waals surface area contributed by atoms with Gasteiger partial charge in [-0.25, -0.2) is 4.79 Å². The van der Waals surface area contributed by atoms with E-state index >= 15 is 0 Å². The number of ether oxygens (including phenoxy) is 1. The second-order valence-electron chi connectivity index (χ2n) is 6.67. The summed E-state index contributed by atoms with van der Waals surface area (Å²) in [6.07, 6.45) is 4.35. The van der Waals surface area contributed by atoms with E-state index in [2.05, 4.69) is 17.4 Å². The lowest BCUT2D eigenvalue weighted by molar-refractivity contribution is -0.152. The Morgan fingerprint density at radius 2 is 1.78 bits per heavy atom. The summed E-state index contributed by atoms with van der Waals surface area (Å²) in [5.74, 6) is -1.15. The topological polar surface area (TPSA) is 75.6 Å². The standard InChI is InChI=1S/C18H23NO4/c20-16(14-8-9-15(23-14)17(21)22)19-18(10-4-5-11-18)12-13-6-2-1-3-7-13/h1-3,6-7,14-15H,4-5,8-12H2,(H,19,20)(H,21,22)/t14-,15+/m0/s1. The number of amides is 1. The molecule has 0 bridgehead atoms. The molecular weight excluding hydrogens is 294 g/mol. The van der Waals surface area contributed by atoms with Gasteiger partial charge in [0.1, 0.15) is 6.10 Å². The van der Waals surface area contributed by atoms with Gasteiger partial charge in [0.05, 0.1) is 0 Å². The van der Waals surface area contributed by atoms with Crippen molar-refractivity contribution >= 4 is 11.9 Å². The molecule has 2 atom stereocenters. The highest BCUT2D eigenvalue weighted by molar-refractivity contribution is 5.83. The van der Waals surface area contributed by atoms with E-state index in [1.807, 2.05) is 18.2 Å². The number of carbonyl (C=O) groups excluding carboxylic acids is 1. The van der Waals surface area contributed by atoms with E-state index in [0.29, 0.717) is 12.8 Å². The van der Waals surface area contributed by atoms with Crippen molar-refractivity contribution in [3.05, 3.63) is 35.9 Å². The molecule has 23 heavy (non-hydrogen) atoms. The quantitative estimate of drug-likeness (QED) is 0.873. The van der Waals surface area contributed by atoms with Gasteiger partial charge in [-0.2, -0.15) is 0 Å². The number of benzene rings is 1. The van der Waals surface area contributed by atoms with Crippen molar-refractivity contribution in [3.8, 4) is 0 Å². The Bertz CT molecular complexity index is 566. The first-order chi connectivity index (χ1) is 11.1. The summed E-state index contributed by atoms with van der Waals surface area (Å²) in [6, 6.07) is 10.2. The number of carboxylic acid groups (broad SMARTS) is 1. The fourth-order valence-electron chi connectivity index (χ4n) is 3.74. The second kappa shape index (κ2) is 6.71. The highest BCUT2D eigenvalue weighted by Gasteiger charge is 2.40. The van der Waals surface area contributed by atoms with E-state index in [9.17, 15) is 9.59 Å². The molecule has 5 nitrogen and oxygen atoms in total. The first kappa shape index (κ1) is 16.0. The van der Waals surface area contributed by atoms with E-state index in [1.165, 1.54) is 5.56 Å². The monoisotopic (exact) mass is 317 g/mol. The molecule has 0 unspecified atom stereocenters. The van der Waals surface area contributed by atoms with E-state index in [4.69, 9.17) is 9.84 Å². The van der Waals surface area contributed by atoms with Crippen molar-refractivity contribution in [2.24, 2.45) is 0 Å². The molecule has 1 aliphatic carbocycles. The Balaban J connectivity index is 1.65. The average Bonchev–Trinajstić information content (AvgIpc) is 3.18. The van der Waals surface area contributed by atoms with Gasteiger partial charge in [-0.05, 0) is 37.7 Å². The molecule has 3 rings (SSSR count). The van der Waals surface area contributed by atoms with Gasteiger partial charge in [0, 0.05) is 5.54 Å². The van der Waals surface area contributed by atoms with Crippen LogP contribution >= 0.6 is 0 Å². The van der Waals surface area contributed by atoms with Gasteiger partial charge < -0.3 is 15.2 Å². The SMILES string of the molecule is O=C(NC1(Cc2ccccc2)CCCC1)[C@@H]1CC[C@H](C(=O)O)O1. The van der Waals surface area contributed by atoms with E-state index in [-0.39, 0.29) is 11.4 Å². The van der Waals surface area contributed by atoms with Gasteiger partial charge >= 0.3 is 5.97 Å². The number of rotatable bonds is 5. The summed E-state index contributed by atoms with van der Waals surface area (Å²) >= 11 is 0. The third-order valence-electron chi connectivity index (χ3n) is 4.92. The maximum absolute atomic E-state index is 12.5. The van der Waals surface area contributed by atoms with Crippen LogP contribution in [0, 0.1) is 0 Å². The maximum atomic E-state index is 12.5. The van der Waals surface area contributed by atoms with Gasteiger partial charge in [0.2, 0.25) is 5.91 Å². The molecule has 124 valence electrons. The Morgan fingerprint density at radius 3 is 2.39 bits per heavy atom. The summed E-state index contributed by atoms with van der Waals surface area (Å²) in [5, 5.41) is 12.2. The normalized spacial score (nSPS) is 26.1. The number of hydrogen-bond donors (Lipinski definition) is 2. The average molecular weight is 317 g/mol. The fraction of sp³-hybridized carbons (Fsp3) is 0.556. The van der Waals surface area contributed by atoms with E-state index in [0.717, 1.165) is 32.1 Å². The Labute approximate surface area is 136 Å². The first-order valence-corrected chi connectivity index (χ1v) is 8.32. The zero-order chi connectivity index (χ0) is 16.3. The van der Waals surface area contributed by atoms with E-state index < -0.39 is 18.2 Å². The maximum Gasteiger partial charge on any atom is 0.332 e. The summed E-state index contributed by atoms with van der Waals surface area (Å²) in [4.78, 5) is 23.5. The minimum Gasteiger partial charge on any atom is -0.479 e. The van der Waals surface area contributed by atoms with Crippen LogP contribution in [0.3, 0.4) is 0 Å². The molecule has 1 aromatic rings. The van der Waals surface area contributed by atoms with Crippen LogP contribution in [0.4, 0.5) is 0 Å². The van der Waals surface area contributed by atoms with Crippen LogP contribution in [-0.4, -0.2) is 34.7 Å². The molecule has 1 saturated heterocycles. The predicted molar refractivity (Wildman–Crippen MR) is 85.0 cm³/mol. The van der Waals surface area contributed by atoms with Crippen LogP contribution in [0.1, 0.15) is 44.1 Å². The summed E-state index contributed by atoms with van der Waals surface area (Å²) in [5.41, 5.74) is 0.994. The number of hydrogen-bond acceptors (Lipinski definition) is 3. The van der Waals surface area contributed by atoms with Gasteiger partial charge in [-0.15, -0.1) is 0 Å². The molecular formula is C18H23NO4. The largest absolute Gasteiger partial charge is 0.479 e. The Morgan fingerprint density at radius 1 is 1.13 bits per heavy atom. The fourth-order valence-corrected chi connectivity index (χ4v) is 3.74. The molecule has 1 heterocycles. The molecule has 0 radical (unpaired) electrons. The van der Waals surface area contributed by atoms with Gasteiger partial charge in [-0.3, -0.25) is 4.79 Å². The highest BCUT2D eigenvalue weighted by atomic mass is 16.5. The molecule has 1 aromatic carbocycles. The minimum absolute atomic E-state index is 0.161. The lowest BCUT2D eigenvalue weighted by Crippen LogP contribution is -2.51. The number of carboxylic acids is 1. The van der Waals surface area contributed by atoms with Gasteiger partial charge in [-0.1, -0.05) is 43.2 Å². The van der Waals surface area contributed by atoms with Crippen LogP contribution in [0.2, 0.25) is 0 Å². The molecule has 1 amide bonds. The van der Waals surface area contributed by atoms with Crippen LogP contribution in [0.15, 0.2) is 30.3 Å². The first-order valence-electron chi connectivity index (χ1n) is 8.32. The summed E-state index contributed by atoms with van der Waals surface area (Å²) < 4.78 is 5.38. The predicted octanol–water partition coefficient (Wildman–Crippen LogP) is 2.29. The molecule has 5 heteroatoms. The van der Waals surface area contributed by atoms with Crippen molar-refractivity contribution in [1.82, 2.24) is 5.32 Å². The van der Waals surface area contributed by atoms with Crippen LogP contribution in [0.25, 0.3) is 0 Å². The Kier molecular flexibility index (Phi) is 4.66. The lowest BCUT2D eigenvalue weighted by Gasteiger charge is -2.32. The van der Waals surface area contributed by atoms with Crippen molar-refractivity contribution in [3.63, 3.8) is 0 Å². The zero-order valence-electron chi connectivity index (χ0n) is 13.2. The van der Waals surface area contributed by atoms with Crippen molar-refractivity contribution in [2.45, 2.75) is 62.7 Å². The third kappa shape index (κ3) is 3.72. The van der Waals surface area contributed by atoms with Crippen LogP contribution in [-0.2, 0) is 20.7 Å². The number of nitrogens with one attached hydrogen (secondary N) is 1. The van der Waals surface area contributed by atoms with Gasteiger partial charge in [0.15, 0.2) is 6.10 Å². The third-order valence-corrected chi connectivity index (χ3v) is 4.92. The molecule has 2 N–H and O–H groups in total. The van der Waals surface area contributed by atoms with E-state index in [1.54, 1.807) is 0 Å². The van der Waals surface area contributed by atoms with Crippen molar-refractivity contribution in [2.75, 3.05) is 0 Å². The molecule has 2 fully saturated rings.